The van der Waals surface area contributed by atoms with Crippen molar-refractivity contribution in [3.63, 3.8) is 0 Å². The number of amides is 1. The monoisotopic (exact) mass is 275 g/mol. The van der Waals surface area contributed by atoms with Crippen LogP contribution in [-0.2, 0) is 6.54 Å². The zero-order valence-electron chi connectivity index (χ0n) is 10.5. The topological polar surface area (TPSA) is 68.0 Å². The van der Waals surface area contributed by atoms with Crippen molar-refractivity contribution in [2.75, 3.05) is 5.32 Å². The summed E-state index contributed by atoms with van der Waals surface area (Å²) in [5, 5.41) is 3.55. The average molecular weight is 276 g/mol. The molecule has 0 saturated carbocycles. The number of benzene rings is 1. The van der Waals surface area contributed by atoms with Gasteiger partial charge in [-0.05, 0) is 36.8 Å². The fraction of sp³-hybridized carbons (Fsp3) is 0.143. The maximum atomic E-state index is 11.2. The number of nitrogens with zero attached hydrogens (tertiary/aromatic N) is 1. The fourth-order valence-corrected chi connectivity index (χ4v) is 1.84. The van der Waals surface area contributed by atoms with Gasteiger partial charge >= 0.3 is 0 Å². The summed E-state index contributed by atoms with van der Waals surface area (Å²) in [7, 11) is 0. The molecule has 0 bridgehead atoms. The van der Waals surface area contributed by atoms with Gasteiger partial charge in [-0.3, -0.25) is 9.78 Å². The molecule has 1 aromatic carbocycles. The molecule has 1 aromatic heterocycles. The number of primary amides is 1. The maximum Gasteiger partial charge on any atom is 0.250 e. The van der Waals surface area contributed by atoms with Gasteiger partial charge in [-0.2, -0.15) is 0 Å². The van der Waals surface area contributed by atoms with E-state index in [2.05, 4.69) is 10.3 Å². The third-order valence-electron chi connectivity index (χ3n) is 2.70. The lowest BCUT2D eigenvalue weighted by Crippen LogP contribution is -2.12. The Balaban J connectivity index is 2.09. The molecule has 0 aliphatic heterocycles. The molecule has 0 fully saturated rings. The lowest BCUT2D eigenvalue weighted by molar-refractivity contribution is 0.100. The van der Waals surface area contributed by atoms with E-state index in [1.54, 1.807) is 18.2 Å². The molecule has 3 N–H and O–H groups in total. The first-order valence-electron chi connectivity index (χ1n) is 5.81. The number of hydrogen-bond acceptors (Lipinski definition) is 3. The van der Waals surface area contributed by atoms with Crippen molar-refractivity contribution in [3.8, 4) is 0 Å². The van der Waals surface area contributed by atoms with E-state index in [0.29, 0.717) is 17.1 Å². The fourth-order valence-electron chi connectivity index (χ4n) is 1.63. The first-order valence-corrected chi connectivity index (χ1v) is 6.19. The maximum absolute atomic E-state index is 11.2. The van der Waals surface area contributed by atoms with Crippen LogP contribution in [0.5, 0.6) is 0 Å². The molecule has 2 rings (SSSR count). The van der Waals surface area contributed by atoms with Gasteiger partial charge in [0, 0.05) is 24.1 Å². The van der Waals surface area contributed by atoms with E-state index < -0.39 is 5.91 Å². The molecule has 1 heterocycles. The van der Waals surface area contributed by atoms with E-state index in [1.807, 2.05) is 25.3 Å². The lowest BCUT2D eigenvalue weighted by Gasteiger charge is -2.08. The Hall–Kier alpha value is -2.07. The number of aryl methyl sites for hydroxylation is 1. The Morgan fingerprint density at radius 2 is 2.16 bits per heavy atom. The van der Waals surface area contributed by atoms with Crippen molar-refractivity contribution in [1.29, 1.82) is 0 Å². The second-order valence-corrected chi connectivity index (χ2v) is 4.63. The molecule has 98 valence electrons. The highest BCUT2D eigenvalue weighted by Crippen LogP contribution is 2.20. The molecule has 4 nitrogen and oxygen atoms in total. The average Bonchev–Trinajstić information content (AvgIpc) is 2.39. The predicted octanol–water partition coefficient (Wildman–Crippen LogP) is 2.75. The van der Waals surface area contributed by atoms with E-state index >= 15 is 0 Å². The van der Waals surface area contributed by atoms with Gasteiger partial charge in [-0.15, -0.1) is 0 Å². The van der Waals surface area contributed by atoms with Crippen LogP contribution in [0.2, 0.25) is 5.02 Å². The van der Waals surface area contributed by atoms with Crippen LogP contribution in [-0.4, -0.2) is 10.9 Å². The number of hydrogen-bond donors (Lipinski definition) is 2. The quantitative estimate of drug-likeness (QED) is 0.901. The van der Waals surface area contributed by atoms with Gasteiger partial charge in [0.2, 0.25) is 5.91 Å². The van der Waals surface area contributed by atoms with Crippen LogP contribution in [0.25, 0.3) is 0 Å². The van der Waals surface area contributed by atoms with Crippen molar-refractivity contribution in [2.24, 2.45) is 5.73 Å². The van der Waals surface area contributed by atoms with Gasteiger partial charge in [-0.25, -0.2) is 0 Å². The van der Waals surface area contributed by atoms with E-state index in [-0.39, 0.29) is 0 Å². The molecule has 0 aliphatic rings. The zero-order valence-corrected chi connectivity index (χ0v) is 11.2. The van der Waals surface area contributed by atoms with Crippen LogP contribution < -0.4 is 11.1 Å². The van der Waals surface area contributed by atoms with Gasteiger partial charge in [0.1, 0.15) is 0 Å². The number of nitrogens with two attached hydrogens (primary N) is 1. The molecule has 0 atom stereocenters. The summed E-state index contributed by atoms with van der Waals surface area (Å²) in [6, 6.07) is 9.05. The highest BCUT2D eigenvalue weighted by Gasteiger charge is 2.07. The SMILES string of the molecule is Cc1ccc(CNc2ccc(Cl)c(C(N)=O)c2)cn1. The van der Waals surface area contributed by atoms with Crippen LogP contribution in [0.4, 0.5) is 5.69 Å². The van der Waals surface area contributed by atoms with Crippen LogP contribution in [0, 0.1) is 6.92 Å². The Morgan fingerprint density at radius 1 is 1.37 bits per heavy atom. The molecule has 0 saturated heterocycles. The summed E-state index contributed by atoms with van der Waals surface area (Å²) >= 11 is 5.89. The highest BCUT2D eigenvalue weighted by molar-refractivity contribution is 6.33. The van der Waals surface area contributed by atoms with Crippen molar-refractivity contribution >= 4 is 23.2 Å². The molecule has 19 heavy (non-hydrogen) atoms. The van der Waals surface area contributed by atoms with Crippen LogP contribution in [0.3, 0.4) is 0 Å². The molecule has 1 amide bonds. The largest absolute Gasteiger partial charge is 0.381 e. The Labute approximate surface area is 116 Å². The summed E-state index contributed by atoms with van der Waals surface area (Å²) in [5.41, 5.74) is 8.39. The second-order valence-electron chi connectivity index (χ2n) is 4.22. The van der Waals surface area contributed by atoms with Gasteiger partial charge in [0.05, 0.1) is 10.6 Å². The van der Waals surface area contributed by atoms with Gasteiger partial charge in [-0.1, -0.05) is 17.7 Å². The van der Waals surface area contributed by atoms with E-state index in [4.69, 9.17) is 17.3 Å². The molecule has 0 spiro atoms. The number of halogens is 1. The van der Waals surface area contributed by atoms with Crippen LogP contribution >= 0.6 is 11.6 Å². The number of anilines is 1. The summed E-state index contributed by atoms with van der Waals surface area (Å²) in [5.74, 6) is -0.536. The number of carbonyl (C=O) groups excluding carboxylic acids is 1. The van der Waals surface area contributed by atoms with Gasteiger partial charge < -0.3 is 11.1 Å². The zero-order chi connectivity index (χ0) is 13.8. The van der Waals surface area contributed by atoms with Crippen LogP contribution in [0.15, 0.2) is 36.5 Å². The first kappa shape index (κ1) is 13.4. The number of pyridine rings is 1. The lowest BCUT2D eigenvalue weighted by atomic mass is 10.2. The van der Waals surface area contributed by atoms with E-state index in [0.717, 1.165) is 16.9 Å². The van der Waals surface area contributed by atoms with Gasteiger partial charge in [0.15, 0.2) is 0 Å². The Morgan fingerprint density at radius 3 is 2.79 bits per heavy atom. The first-order chi connectivity index (χ1) is 9.06. The normalized spacial score (nSPS) is 10.2. The van der Waals surface area contributed by atoms with Crippen LogP contribution in [0.1, 0.15) is 21.6 Å². The van der Waals surface area contributed by atoms with Crippen molar-refractivity contribution in [1.82, 2.24) is 4.98 Å². The molecule has 5 heteroatoms. The third-order valence-corrected chi connectivity index (χ3v) is 3.03. The highest BCUT2D eigenvalue weighted by atomic mass is 35.5. The third kappa shape index (κ3) is 3.45. The smallest absolute Gasteiger partial charge is 0.250 e. The number of rotatable bonds is 4. The summed E-state index contributed by atoms with van der Waals surface area (Å²) in [6.45, 7) is 2.56. The van der Waals surface area contributed by atoms with Crippen molar-refractivity contribution in [2.45, 2.75) is 13.5 Å². The molecular weight excluding hydrogens is 262 g/mol. The van der Waals surface area contributed by atoms with E-state index in [1.165, 1.54) is 0 Å². The molecular formula is C14H14ClN3O. The van der Waals surface area contributed by atoms with Crippen molar-refractivity contribution in [3.05, 3.63) is 58.4 Å². The van der Waals surface area contributed by atoms with E-state index in [9.17, 15) is 4.79 Å². The number of nitrogens with one attached hydrogen (secondary N) is 1. The summed E-state index contributed by atoms with van der Waals surface area (Å²) in [6.07, 6.45) is 1.81. The standard InChI is InChI=1S/C14H14ClN3O/c1-9-2-3-10(7-17-9)8-18-11-4-5-13(15)12(6-11)14(16)19/h2-7,18H,8H2,1H3,(H2,16,19). The summed E-state index contributed by atoms with van der Waals surface area (Å²) in [4.78, 5) is 15.4. The number of carbonyl (C=O) groups is 1. The Bertz CT molecular complexity index is 596. The molecule has 0 radical (unpaired) electrons. The predicted molar refractivity (Wildman–Crippen MR) is 76.3 cm³/mol. The minimum absolute atomic E-state index is 0.314. The number of aromatic nitrogens is 1. The second kappa shape index (κ2) is 5.71. The molecule has 0 aliphatic carbocycles. The minimum atomic E-state index is -0.536. The molecule has 0 unspecified atom stereocenters. The summed E-state index contributed by atoms with van der Waals surface area (Å²) < 4.78 is 0. The van der Waals surface area contributed by atoms with Gasteiger partial charge in [0.25, 0.3) is 0 Å². The Kier molecular flexibility index (Phi) is 4.02. The molecule has 2 aromatic rings. The van der Waals surface area contributed by atoms with Crippen molar-refractivity contribution < 1.29 is 4.79 Å². The minimum Gasteiger partial charge on any atom is -0.381 e.